The van der Waals surface area contributed by atoms with Crippen LogP contribution in [0, 0.1) is 0 Å². The molecule has 25 heavy (non-hydrogen) atoms. The van der Waals surface area contributed by atoms with Crippen LogP contribution in [0.2, 0.25) is 0 Å². The van der Waals surface area contributed by atoms with Gasteiger partial charge in [-0.3, -0.25) is 14.7 Å². The fourth-order valence-corrected chi connectivity index (χ4v) is 2.29. The van der Waals surface area contributed by atoms with Gasteiger partial charge in [0.15, 0.2) is 0 Å². The summed E-state index contributed by atoms with van der Waals surface area (Å²) in [4.78, 5) is 29.7. The quantitative estimate of drug-likeness (QED) is 0.892. The molecular weight excluding hydrogens is 320 g/mol. The zero-order valence-electron chi connectivity index (χ0n) is 14.7. The maximum atomic E-state index is 12.3. The molecule has 0 unspecified atom stereocenters. The second-order valence-electron chi connectivity index (χ2n) is 6.45. The minimum Gasteiger partial charge on any atom is -0.495 e. The molecule has 2 rings (SSSR count). The van der Waals surface area contributed by atoms with Crippen LogP contribution < -0.4 is 20.7 Å². The molecule has 1 aromatic heterocycles. The van der Waals surface area contributed by atoms with Crippen LogP contribution in [0.3, 0.4) is 0 Å². The predicted molar refractivity (Wildman–Crippen MR) is 96.2 cm³/mol. The van der Waals surface area contributed by atoms with Crippen LogP contribution in [-0.4, -0.2) is 29.6 Å². The lowest BCUT2D eigenvalue weighted by atomic mass is 10.1. The Labute approximate surface area is 146 Å². The van der Waals surface area contributed by atoms with Crippen molar-refractivity contribution in [1.82, 2.24) is 10.3 Å². The molecule has 0 atom stereocenters. The summed E-state index contributed by atoms with van der Waals surface area (Å²) >= 11 is 0. The van der Waals surface area contributed by atoms with Crippen molar-refractivity contribution in [3.05, 3.63) is 48.3 Å². The van der Waals surface area contributed by atoms with Crippen LogP contribution in [0.5, 0.6) is 5.75 Å². The van der Waals surface area contributed by atoms with Crippen molar-refractivity contribution < 1.29 is 14.3 Å². The molecular formula is C18H22N4O3. The van der Waals surface area contributed by atoms with Crippen LogP contribution in [0.4, 0.5) is 16.2 Å². The Hall–Kier alpha value is -3.09. The van der Waals surface area contributed by atoms with Crippen molar-refractivity contribution in [1.29, 1.82) is 0 Å². The van der Waals surface area contributed by atoms with Gasteiger partial charge in [0.25, 0.3) is 5.91 Å². The number of carbonyl (C=O) groups excluding carboxylic acids is 2. The number of nitrogens with zero attached hydrogens (tertiary/aromatic N) is 2. The van der Waals surface area contributed by atoms with Crippen molar-refractivity contribution in [2.45, 2.75) is 26.3 Å². The highest BCUT2D eigenvalue weighted by Crippen LogP contribution is 2.33. The van der Waals surface area contributed by atoms with Gasteiger partial charge < -0.3 is 15.8 Å². The molecule has 0 saturated carbocycles. The van der Waals surface area contributed by atoms with Crippen molar-refractivity contribution in [2.75, 3.05) is 12.0 Å². The minimum absolute atomic E-state index is 0.188. The van der Waals surface area contributed by atoms with E-state index in [1.54, 1.807) is 30.3 Å². The van der Waals surface area contributed by atoms with Crippen molar-refractivity contribution >= 4 is 23.3 Å². The van der Waals surface area contributed by atoms with Gasteiger partial charge in [0.2, 0.25) is 0 Å². The van der Waals surface area contributed by atoms with Crippen LogP contribution in [0.1, 0.15) is 31.3 Å². The number of rotatable bonds is 4. The standard InChI is InChI=1S/C18H22N4O3/c1-18(2,3)21-16(23)13-11-12(9-10-20-13)22(17(19)24)14-7-5-6-8-15(14)25-4/h5-11H,1-4H3,(H2,19,24)(H,21,23). The average Bonchev–Trinajstić information content (AvgIpc) is 2.54. The third-order valence-corrected chi connectivity index (χ3v) is 3.27. The zero-order valence-corrected chi connectivity index (χ0v) is 14.7. The smallest absolute Gasteiger partial charge is 0.324 e. The lowest BCUT2D eigenvalue weighted by molar-refractivity contribution is 0.0914. The number of amides is 3. The maximum Gasteiger partial charge on any atom is 0.324 e. The van der Waals surface area contributed by atoms with Gasteiger partial charge in [0.1, 0.15) is 11.4 Å². The number of methoxy groups -OCH3 is 1. The first-order chi connectivity index (χ1) is 11.7. The summed E-state index contributed by atoms with van der Waals surface area (Å²) < 4.78 is 5.30. The number of nitrogens with one attached hydrogen (secondary N) is 1. The van der Waals surface area contributed by atoms with E-state index in [2.05, 4.69) is 10.3 Å². The van der Waals surface area contributed by atoms with Crippen molar-refractivity contribution in [3.8, 4) is 5.75 Å². The molecule has 0 aliphatic heterocycles. The summed E-state index contributed by atoms with van der Waals surface area (Å²) in [6.45, 7) is 5.62. The number of anilines is 2. The van der Waals surface area contributed by atoms with Gasteiger partial charge in [-0.25, -0.2) is 4.79 Å². The Bertz CT molecular complexity index is 784. The fourth-order valence-electron chi connectivity index (χ4n) is 2.29. The number of nitrogens with two attached hydrogens (primary N) is 1. The number of benzene rings is 1. The zero-order chi connectivity index (χ0) is 18.6. The summed E-state index contributed by atoms with van der Waals surface area (Å²) in [6.07, 6.45) is 1.46. The second-order valence-corrected chi connectivity index (χ2v) is 6.45. The largest absolute Gasteiger partial charge is 0.495 e. The van der Waals surface area contributed by atoms with Gasteiger partial charge in [-0.15, -0.1) is 0 Å². The summed E-state index contributed by atoms with van der Waals surface area (Å²) in [6, 6.07) is 9.40. The topological polar surface area (TPSA) is 97.6 Å². The maximum absolute atomic E-state index is 12.3. The van der Waals surface area contributed by atoms with Gasteiger partial charge in [-0.05, 0) is 45.0 Å². The number of para-hydroxylation sites is 2. The Morgan fingerprint density at radius 2 is 1.88 bits per heavy atom. The molecule has 0 aliphatic rings. The summed E-state index contributed by atoms with van der Waals surface area (Å²) in [5, 5.41) is 2.83. The summed E-state index contributed by atoms with van der Waals surface area (Å²) in [7, 11) is 1.51. The Kier molecular flexibility index (Phi) is 5.26. The number of aromatic nitrogens is 1. The van der Waals surface area contributed by atoms with E-state index in [-0.39, 0.29) is 11.6 Å². The number of hydrogen-bond acceptors (Lipinski definition) is 4. The molecule has 0 bridgehead atoms. The molecule has 0 radical (unpaired) electrons. The third-order valence-electron chi connectivity index (χ3n) is 3.27. The molecule has 3 amide bonds. The molecule has 0 aliphatic carbocycles. The second kappa shape index (κ2) is 7.21. The first kappa shape index (κ1) is 18.3. The van der Waals surface area contributed by atoms with E-state index in [1.165, 1.54) is 24.3 Å². The van der Waals surface area contributed by atoms with E-state index >= 15 is 0 Å². The van der Waals surface area contributed by atoms with Gasteiger partial charge in [-0.1, -0.05) is 12.1 Å². The molecule has 7 heteroatoms. The highest BCUT2D eigenvalue weighted by molar-refractivity contribution is 6.01. The van der Waals surface area contributed by atoms with E-state index in [4.69, 9.17) is 10.5 Å². The van der Waals surface area contributed by atoms with Gasteiger partial charge >= 0.3 is 6.03 Å². The van der Waals surface area contributed by atoms with Crippen LogP contribution in [0.15, 0.2) is 42.6 Å². The number of primary amides is 1. The van der Waals surface area contributed by atoms with Gasteiger partial charge in [0.05, 0.1) is 18.5 Å². The Morgan fingerprint density at radius 1 is 1.20 bits per heavy atom. The summed E-state index contributed by atoms with van der Waals surface area (Å²) in [5.41, 5.74) is 6.25. The molecule has 0 fully saturated rings. The normalized spacial score (nSPS) is 10.9. The molecule has 3 N–H and O–H groups in total. The number of carbonyl (C=O) groups is 2. The SMILES string of the molecule is COc1ccccc1N(C(N)=O)c1ccnc(C(=O)NC(C)(C)C)c1. The van der Waals surface area contributed by atoms with Crippen molar-refractivity contribution in [3.63, 3.8) is 0 Å². The molecule has 0 saturated heterocycles. The van der Waals surface area contributed by atoms with Crippen LogP contribution in [0.25, 0.3) is 0 Å². The fraction of sp³-hybridized carbons (Fsp3) is 0.278. The molecule has 132 valence electrons. The first-order valence-electron chi connectivity index (χ1n) is 7.74. The van der Waals surface area contributed by atoms with Gasteiger partial charge in [0, 0.05) is 11.7 Å². The molecule has 1 heterocycles. The predicted octanol–water partition coefficient (Wildman–Crippen LogP) is 2.84. The Balaban J connectivity index is 2.45. The van der Waals surface area contributed by atoms with E-state index < -0.39 is 11.6 Å². The molecule has 1 aromatic carbocycles. The molecule has 2 aromatic rings. The molecule has 7 nitrogen and oxygen atoms in total. The van der Waals surface area contributed by atoms with Crippen LogP contribution >= 0.6 is 0 Å². The summed E-state index contributed by atoms with van der Waals surface area (Å²) in [5.74, 6) is 0.151. The number of ether oxygens (including phenoxy) is 1. The van der Waals surface area contributed by atoms with E-state index in [0.717, 1.165) is 0 Å². The highest BCUT2D eigenvalue weighted by atomic mass is 16.5. The van der Waals surface area contributed by atoms with Crippen molar-refractivity contribution in [2.24, 2.45) is 5.73 Å². The van der Waals surface area contributed by atoms with Gasteiger partial charge in [-0.2, -0.15) is 0 Å². The third kappa shape index (κ3) is 4.47. The number of pyridine rings is 1. The average molecular weight is 342 g/mol. The molecule has 0 spiro atoms. The van der Waals surface area contributed by atoms with E-state index in [9.17, 15) is 9.59 Å². The number of hydrogen-bond donors (Lipinski definition) is 2. The first-order valence-corrected chi connectivity index (χ1v) is 7.74. The Morgan fingerprint density at radius 3 is 2.48 bits per heavy atom. The van der Waals surface area contributed by atoms with E-state index in [1.807, 2.05) is 20.8 Å². The number of urea groups is 1. The van der Waals surface area contributed by atoms with E-state index in [0.29, 0.717) is 17.1 Å². The monoisotopic (exact) mass is 342 g/mol. The lowest BCUT2D eigenvalue weighted by Gasteiger charge is -2.23. The minimum atomic E-state index is -0.696. The van der Waals surface area contributed by atoms with Crippen LogP contribution in [-0.2, 0) is 0 Å². The highest BCUT2D eigenvalue weighted by Gasteiger charge is 2.22. The lowest BCUT2D eigenvalue weighted by Crippen LogP contribution is -2.41.